The highest BCUT2D eigenvalue weighted by atomic mass is 15.0. The summed E-state index contributed by atoms with van der Waals surface area (Å²) in [5.74, 6) is 0. The van der Waals surface area contributed by atoms with Crippen LogP contribution in [0, 0.1) is 11.3 Å². The first-order valence-corrected chi connectivity index (χ1v) is 17.2. The van der Waals surface area contributed by atoms with Gasteiger partial charge in [-0.1, -0.05) is 117 Å². The molecule has 0 aliphatic heterocycles. The van der Waals surface area contributed by atoms with Crippen LogP contribution in [-0.4, -0.2) is 9.13 Å². The molecule has 2 aliphatic rings. The van der Waals surface area contributed by atoms with E-state index in [-0.39, 0.29) is 5.41 Å². The molecule has 2 aromatic heterocycles. The molecule has 3 heteroatoms. The molecule has 8 aromatic rings. The van der Waals surface area contributed by atoms with E-state index >= 15 is 0 Å². The highest BCUT2D eigenvalue weighted by Crippen LogP contribution is 2.52. The van der Waals surface area contributed by atoms with Gasteiger partial charge in [-0.05, 0) is 77.1 Å². The Bertz CT molecular complexity index is 2740. The van der Waals surface area contributed by atoms with Crippen molar-refractivity contribution in [2.24, 2.45) is 0 Å². The predicted octanol–water partition coefficient (Wildman–Crippen LogP) is 11.5. The third-order valence-corrected chi connectivity index (χ3v) is 11.0. The smallest absolute Gasteiger partial charge is 0.101 e. The summed E-state index contributed by atoms with van der Waals surface area (Å²) >= 11 is 0. The average molecular weight is 628 g/mol. The van der Waals surface area contributed by atoms with E-state index in [1.807, 2.05) is 0 Å². The third-order valence-electron chi connectivity index (χ3n) is 11.0. The van der Waals surface area contributed by atoms with Gasteiger partial charge in [-0.25, -0.2) is 0 Å². The van der Waals surface area contributed by atoms with Crippen molar-refractivity contribution in [3.63, 3.8) is 0 Å². The summed E-state index contributed by atoms with van der Waals surface area (Å²) in [7, 11) is 0. The summed E-state index contributed by atoms with van der Waals surface area (Å²) in [5.41, 5.74) is 16.4. The van der Waals surface area contributed by atoms with Crippen molar-refractivity contribution in [3.8, 4) is 39.7 Å². The molecule has 3 nitrogen and oxygen atoms in total. The van der Waals surface area contributed by atoms with E-state index in [1.165, 1.54) is 60.7 Å². The maximum Gasteiger partial charge on any atom is 0.101 e. The van der Waals surface area contributed by atoms with E-state index in [4.69, 9.17) is 0 Å². The molecule has 0 amide bonds. The Balaban J connectivity index is 1.12. The molecule has 0 N–H and O–H groups in total. The maximum absolute atomic E-state index is 10.4. The van der Waals surface area contributed by atoms with E-state index in [0.29, 0.717) is 5.56 Å². The zero-order chi connectivity index (χ0) is 32.9. The summed E-state index contributed by atoms with van der Waals surface area (Å²) < 4.78 is 4.75. The molecule has 0 bridgehead atoms. The number of nitrogens with zero attached hydrogens (tertiary/aromatic N) is 3. The number of para-hydroxylation sites is 2. The lowest BCUT2D eigenvalue weighted by atomic mass is 9.82. The Morgan fingerprint density at radius 3 is 2.18 bits per heavy atom. The van der Waals surface area contributed by atoms with Gasteiger partial charge in [0.1, 0.15) is 6.07 Å². The second kappa shape index (κ2) is 10.2. The number of fused-ring (bicyclic) bond motifs is 10. The normalized spacial score (nSPS) is 14.2. The van der Waals surface area contributed by atoms with E-state index in [2.05, 4.69) is 169 Å². The Morgan fingerprint density at radius 2 is 1.37 bits per heavy atom. The first kappa shape index (κ1) is 28.0. The molecule has 0 saturated heterocycles. The molecule has 232 valence electrons. The molecule has 0 saturated carbocycles. The third kappa shape index (κ3) is 3.83. The van der Waals surface area contributed by atoms with Crippen molar-refractivity contribution in [1.82, 2.24) is 9.13 Å². The van der Waals surface area contributed by atoms with Crippen LogP contribution in [-0.2, 0) is 11.8 Å². The van der Waals surface area contributed by atoms with Crippen LogP contribution >= 0.6 is 0 Å². The molecule has 0 unspecified atom stereocenters. The van der Waals surface area contributed by atoms with E-state index in [0.717, 1.165) is 40.9 Å². The van der Waals surface area contributed by atoms with Gasteiger partial charge >= 0.3 is 0 Å². The molecular formula is C46H33N3. The molecule has 0 spiro atoms. The Labute approximate surface area is 285 Å². The fraction of sp³-hybridized carbons (Fsp3) is 0.109. The topological polar surface area (TPSA) is 33.6 Å². The minimum atomic E-state index is -0.0706. The van der Waals surface area contributed by atoms with Crippen LogP contribution in [0.4, 0.5) is 0 Å². The first-order chi connectivity index (χ1) is 24.0. The lowest BCUT2D eigenvalue weighted by Gasteiger charge is -2.21. The van der Waals surface area contributed by atoms with Crippen LogP contribution in [0.1, 0.15) is 48.2 Å². The standard InChI is InChI=1S/C46H33N3/c1-46(2)38-15-7-3-14-37(38)44-39(46)25-24-36-35-13-6-8-16-41(35)48(45(36)44)32-22-19-29(20-23-32)30-21-26-40(31(27-30)28-47)49-42-17-9-4-11-33(42)34-12-5-10-18-43(34)49/h3-9,11-17,19-27H,10,18H2,1-2H3. The maximum atomic E-state index is 10.4. The largest absolute Gasteiger partial charge is 0.312 e. The predicted molar refractivity (Wildman–Crippen MR) is 203 cm³/mol. The van der Waals surface area contributed by atoms with Crippen LogP contribution in [0.15, 0.2) is 133 Å². The Kier molecular flexibility index (Phi) is 5.82. The average Bonchev–Trinajstić information content (AvgIpc) is 3.75. The van der Waals surface area contributed by atoms with Gasteiger partial charge in [0.15, 0.2) is 0 Å². The van der Waals surface area contributed by atoms with Gasteiger partial charge in [-0.15, -0.1) is 0 Å². The molecule has 2 aliphatic carbocycles. The van der Waals surface area contributed by atoms with Gasteiger partial charge < -0.3 is 9.13 Å². The number of aromatic nitrogens is 2. The number of hydrogen-bond acceptors (Lipinski definition) is 1. The zero-order valence-corrected chi connectivity index (χ0v) is 27.5. The highest BCUT2D eigenvalue weighted by molar-refractivity contribution is 6.15. The van der Waals surface area contributed by atoms with Crippen LogP contribution in [0.5, 0.6) is 0 Å². The van der Waals surface area contributed by atoms with Gasteiger partial charge in [-0.3, -0.25) is 0 Å². The molecule has 0 radical (unpaired) electrons. The van der Waals surface area contributed by atoms with Crippen LogP contribution in [0.25, 0.3) is 72.4 Å². The fourth-order valence-corrected chi connectivity index (χ4v) is 8.76. The second-order valence-corrected chi connectivity index (χ2v) is 14.0. The summed E-state index contributed by atoms with van der Waals surface area (Å²) in [5, 5.41) is 14.2. The SMILES string of the molecule is CC1(C)c2ccccc2-c2c1ccc1c3ccccc3n(-c3ccc(-c4ccc(-n5c6c(c7ccccc75)C=CCC6)c(C#N)c4)cc3)c21. The quantitative estimate of drug-likeness (QED) is 0.192. The van der Waals surface area contributed by atoms with Crippen LogP contribution in [0.3, 0.4) is 0 Å². The summed E-state index contributed by atoms with van der Waals surface area (Å²) in [6.07, 6.45) is 6.46. The number of allylic oxidation sites excluding steroid dienone is 1. The molecule has 49 heavy (non-hydrogen) atoms. The molecule has 2 heterocycles. The van der Waals surface area contributed by atoms with E-state index < -0.39 is 0 Å². The minimum absolute atomic E-state index is 0.0706. The molecule has 10 rings (SSSR count). The zero-order valence-electron chi connectivity index (χ0n) is 27.5. The first-order valence-electron chi connectivity index (χ1n) is 17.2. The fourth-order valence-electron chi connectivity index (χ4n) is 8.76. The summed E-state index contributed by atoms with van der Waals surface area (Å²) in [4.78, 5) is 0. The lowest BCUT2D eigenvalue weighted by Crippen LogP contribution is -2.14. The lowest BCUT2D eigenvalue weighted by molar-refractivity contribution is 0.661. The second-order valence-electron chi connectivity index (χ2n) is 14.0. The van der Waals surface area contributed by atoms with Gasteiger partial charge in [-0.2, -0.15) is 5.26 Å². The van der Waals surface area contributed by atoms with Crippen molar-refractivity contribution >= 4 is 38.8 Å². The number of benzene rings is 6. The van der Waals surface area contributed by atoms with Crippen molar-refractivity contribution in [2.45, 2.75) is 32.1 Å². The molecule has 0 atom stereocenters. The van der Waals surface area contributed by atoms with Crippen molar-refractivity contribution in [1.29, 1.82) is 5.26 Å². The number of rotatable bonds is 3. The van der Waals surface area contributed by atoms with Gasteiger partial charge in [0, 0.05) is 44.1 Å². The summed E-state index contributed by atoms with van der Waals surface area (Å²) in [6, 6.07) is 48.6. The monoisotopic (exact) mass is 627 g/mol. The number of nitriles is 1. The molecule has 6 aromatic carbocycles. The van der Waals surface area contributed by atoms with Crippen molar-refractivity contribution in [3.05, 3.63) is 161 Å². The van der Waals surface area contributed by atoms with E-state index in [9.17, 15) is 5.26 Å². The van der Waals surface area contributed by atoms with Crippen LogP contribution in [0.2, 0.25) is 0 Å². The molecule has 0 fully saturated rings. The van der Waals surface area contributed by atoms with Crippen molar-refractivity contribution < 1.29 is 0 Å². The van der Waals surface area contributed by atoms with Gasteiger partial charge in [0.25, 0.3) is 0 Å². The van der Waals surface area contributed by atoms with E-state index in [1.54, 1.807) is 0 Å². The van der Waals surface area contributed by atoms with Gasteiger partial charge in [0.05, 0.1) is 27.8 Å². The van der Waals surface area contributed by atoms with Crippen molar-refractivity contribution in [2.75, 3.05) is 0 Å². The Hall–Kier alpha value is -6.11. The highest BCUT2D eigenvalue weighted by Gasteiger charge is 2.37. The van der Waals surface area contributed by atoms with Crippen LogP contribution < -0.4 is 0 Å². The molecular weight excluding hydrogens is 595 g/mol. The Morgan fingerprint density at radius 1 is 0.653 bits per heavy atom. The summed E-state index contributed by atoms with van der Waals surface area (Å²) in [6.45, 7) is 4.69. The van der Waals surface area contributed by atoms with Gasteiger partial charge in [0.2, 0.25) is 0 Å². The minimum Gasteiger partial charge on any atom is -0.312 e. The number of hydrogen-bond donors (Lipinski definition) is 0.